The number of nitrogens with zero attached hydrogens (tertiary/aromatic N) is 2. The molecule has 34 heavy (non-hydrogen) atoms. The second kappa shape index (κ2) is 12.7. The van der Waals surface area contributed by atoms with Gasteiger partial charge in [-0.1, -0.05) is 36.4 Å². The molecule has 0 bridgehead atoms. The van der Waals surface area contributed by atoms with E-state index in [4.69, 9.17) is 9.47 Å². The molecule has 1 aromatic heterocycles. The Morgan fingerprint density at radius 3 is 2.38 bits per heavy atom. The summed E-state index contributed by atoms with van der Waals surface area (Å²) in [5.41, 5.74) is 1.34. The molecule has 3 rings (SSSR count). The maximum atomic E-state index is 12.5. The number of hydrogen-bond acceptors (Lipinski definition) is 7. The van der Waals surface area contributed by atoms with Crippen molar-refractivity contribution < 1.29 is 23.9 Å². The number of aromatic nitrogens is 1. The van der Waals surface area contributed by atoms with Crippen molar-refractivity contribution in [2.24, 2.45) is 0 Å². The van der Waals surface area contributed by atoms with Crippen LogP contribution < -0.4 is 10.1 Å². The highest BCUT2D eigenvalue weighted by molar-refractivity contribution is 5.99. The third-order valence-corrected chi connectivity index (χ3v) is 4.89. The van der Waals surface area contributed by atoms with E-state index in [1.54, 1.807) is 37.5 Å². The van der Waals surface area contributed by atoms with Crippen LogP contribution in [0.5, 0.6) is 5.75 Å². The lowest BCUT2D eigenvalue weighted by Gasteiger charge is -2.17. The van der Waals surface area contributed by atoms with E-state index < -0.39 is 5.97 Å². The zero-order valence-corrected chi connectivity index (χ0v) is 19.0. The quantitative estimate of drug-likeness (QED) is 0.326. The molecule has 1 amide bonds. The number of likely N-dealkylation sites (N-methyl/N-ethyl adjacent to an activating group) is 1. The fourth-order valence-corrected chi connectivity index (χ4v) is 3.01. The molecule has 3 aromatic rings. The molecule has 176 valence electrons. The fraction of sp³-hybridized carbons (Fsp3) is 0.231. The van der Waals surface area contributed by atoms with Crippen LogP contribution in [-0.4, -0.2) is 54.3 Å². The Balaban J connectivity index is 1.37. The lowest BCUT2D eigenvalue weighted by molar-refractivity contribution is -0.147. The van der Waals surface area contributed by atoms with Gasteiger partial charge in [-0.05, 0) is 42.0 Å². The van der Waals surface area contributed by atoms with Crippen molar-refractivity contribution in [3.8, 4) is 5.75 Å². The third-order valence-electron chi connectivity index (χ3n) is 4.89. The molecule has 0 fully saturated rings. The second-order valence-corrected chi connectivity index (χ2v) is 7.52. The molecule has 0 aliphatic rings. The van der Waals surface area contributed by atoms with Crippen LogP contribution in [0.2, 0.25) is 0 Å². The van der Waals surface area contributed by atoms with Gasteiger partial charge in [0.15, 0.2) is 12.4 Å². The van der Waals surface area contributed by atoms with E-state index in [2.05, 4.69) is 10.3 Å². The summed E-state index contributed by atoms with van der Waals surface area (Å²) in [7, 11) is 1.60. The number of anilines is 1. The van der Waals surface area contributed by atoms with Gasteiger partial charge in [0, 0.05) is 31.8 Å². The molecule has 0 saturated carbocycles. The summed E-state index contributed by atoms with van der Waals surface area (Å²) in [6.07, 6.45) is 1.91. The van der Waals surface area contributed by atoms with Crippen LogP contribution in [0.4, 0.5) is 5.82 Å². The van der Waals surface area contributed by atoms with Gasteiger partial charge in [0.25, 0.3) is 0 Å². The Morgan fingerprint density at radius 2 is 1.68 bits per heavy atom. The number of ether oxygens (including phenoxy) is 2. The molecule has 0 unspecified atom stereocenters. The van der Waals surface area contributed by atoms with Crippen molar-refractivity contribution in [2.45, 2.75) is 13.0 Å². The molecule has 0 saturated heterocycles. The number of rotatable bonds is 12. The summed E-state index contributed by atoms with van der Waals surface area (Å²) < 4.78 is 10.6. The van der Waals surface area contributed by atoms with E-state index in [0.717, 1.165) is 5.56 Å². The van der Waals surface area contributed by atoms with Crippen LogP contribution in [0, 0.1) is 0 Å². The van der Waals surface area contributed by atoms with Crippen LogP contribution in [0.15, 0.2) is 79.0 Å². The second-order valence-electron chi connectivity index (χ2n) is 7.52. The number of esters is 1. The zero-order chi connectivity index (χ0) is 24.2. The Bertz CT molecular complexity index is 1070. The van der Waals surface area contributed by atoms with E-state index >= 15 is 0 Å². The zero-order valence-electron chi connectivity index (χ0n) is 19.0. The van der Waals surface area contributed by atoms with Gasteiger partial charge in [0.1, 0.15) is 18.2 Å². The number of ketones is 1. The van der Waals surface area contributed by atoms with Crippen LogP contribution in [0.3, 0.4) is 0 Å². The van der Waals surface area contributed by atoms with Gasteiger partial charge in [-0.2, -0.15) is 0 Å². The van der Waals surface area contributed by atoms with Crippen molar-refractivity contribution in [1.29, 1.82) is 0 Å². The molecule has 0 radical (unpaired) electrons. The molecule has 0 atom stereocenters. The predicted octanol–water partition coefficient (Wildman–Crippen LogP) is 3.35. The molecule has 8 nitrogen and oxygen atoms in total. The van der Waals surface area contributed by atoms with Crippen molar-refractivity contribution >= 4 is 23.5 Å². The SMILES string of the molecule is CN(CC(=O)c1ccc(OCC(=O)OCc2ccccc2)cc1)C(=O)CCNc1ccccn1. The summed E-state index contributed by atoms with van der Waals surface area (Å²) >= 11 is 0. The predicted molar refractivity (Wildman–Crippen MR) is 127 cm³/mol. The Labute approximate surface area is 198 Å². The number of benzene rings is 2. The first kappa shape index (κ1) is 24.4. The Hall–Kier alpha value is -4.20. The molecule has 0 aliphatic carbocycles. The molecule has 8 heteroatoms. The average Bonchev–Trinajstić information content (AvgIpc) is 2.87. The van der Waals surface area contributed by atoms with Crippen molar-refractivity contribution in [1.82, 2.24) is 9.88 Å². The summed E-state index contributed by atoms with van der Waals surface area (Å²) in [5.74, 6) is 0.314. The number of carbonyl (C=O) groups excluding carboxylic acids is 3. The number of pyridine rings is 1. The first-order valence-corrected chi connectivity index (χ1v) is 10.9. The summed E-state index contributed by atoms with van der Waals surface area (Å²) in [6, 6.07) is 21.3. The number of amides is 1. The van der Waals surface area contributed by atoms with Gasteiger partial charge < -0.3 is 19.7 Å². The summed E-state index contributed by atoms with van der Waals surface area (Å²) in [6.45, 7) is 0.342. The van der Waals surface area contributed by atoms with Crippen LogP contribution >= 0.6 is 0 Å². The van der Waals surface area contributed by atoms with Gasteiger partial charge >= 0.3 is 5.97 Å². The maximum absolute atomic E-state index is 12.5. The van der Waals surface area contributed by atoms with Crippen molar-refractivity contribution in [3.63, 3.8) is 0 Å². The molecule has 1 heterocycles. The van der Waals surface area contributed by atoms with E-state index in [0.29, 0.717) is 23.7 Å². The lowest BCUT2D eigenvalue weighted by atomic mass is 10.1. The lowest BCUT2D eigenvalue weighted by Crippen LogP contribution is -2.33. The highest BCUT2D eigenvalue weighted by Crippen LogP contribution is 2.13. The van der Waals surface area contributed by atoms with Gasteiger partial charge in [0.2, 0.25) is 5.91 Å². The molecular weight excluding hydrogens is 434 g/mol. The molecular formula is C26H27N3O5. The van der Waals surface area contributed by atoms with Gasteiger partial charge in [0.05, 0.1) is 6.54 Å². The normalized spacial score (nSPS) is 10.3. The topological polar surface area (TPSA) is 97.8 Å². The monoisotopic (exact) mass is 461 g/mol. The largest absolute Gasteiger partial charge is 0.482 e. The molecule has 0 spiro atoms. The third kappa shape index (κ3) is 8.05. The standard InChI is InChI=1S/C26H27N3O5/c1-29(25(31)14-16-28-24-9-5-6-15-27-24)17-23(30)21-10-12-22(13-11-21)33-19-26(32)34-18-20-7-3-2-4-8-20/h2-13,15H,14,16-19H2,1H3,(H,27,28). The van der Waals surface area contributed by atoms with E-state index in [1.165, 1.54) is 4.90 Å². The Morgan fingerprint density at radius 1 is 0.941 bits per heavy atom. The number of hydrogen-bond donors (Lipinski definition) is 1. The van der Waals surface area contributed by atoms with Gasteiger partial charge in [-0.3, -0.25) is 9.59 Å². The number of carbonyl (C=O) groups is 3. The van der Waals surface area contributed by atoms with Crippen LogP contribution in [0.1, 0.15) is 22.3 Å². The summed E-state index contributed by atoms with van der Waals surface area (Å²) in [5, 5.41) is 3.07. The van der Waals surface area contributed by atoms with Crippen molar-refractivity contribution in [2.75, 3.05) is 32.1 Å². The first-order valence-electron chi connectivity index (χ1n) is 10.9. The average molecular weight is 462 g/mol. The number of Topliss-reactive ketones (excluding diaryl/α,β-unsaturated/α-hetero) is 1. The van der Waals surface area contributed by atoms with Crippen molar-refractivity contribution in [3.05, 3.63) is 90.1 Å². The van der Waals surface area contributed by atoms with E-state index in [1.807, 2.05) is 48.5 Å². The first-order chi connectivity index (χ1) is 16.5. The maximum Gasteiger partial charge on any atom is 0.344 e. The number of nitrogens with one attached hydrogen (secondary N) is 1. The Kier molecular flexibility index (Phi) is 9.16. The van der Waals surface area contributed by atoms with E-state index in [-0.39, 0.29) is 37.9 Å². The van der Waals surface area contributed by atoms with Gasteiger partial charge in [-0.15, -0.1) is 0 Å². The van der Waals surface area contributed by atoms with E-state index in [9.17, 15) is 14.4 Å². The minimum absolute atomic E-state index is 0.0333. The highest BCUT2D eigenvalue weighted by Gasteiger charge is 2.14. The fourth-order valence-electron chi connectivity index (χ4n) is 3.01. The smallest absolute Gasteiger partial charge is 0.344 e. The minimum atomic E-state index is -0.485. The van der Waals surface area contributed by atoms with Crippen LogP contribution in [-0.2, 0) is 20.9 Å². The minimum Gasteiger partial charge on any atom is -0.482 e. The molecule has 0 aliphatic heterocycles. The van der Waals surface area contributed by atoms with Crippen LogP contribution in [0.25, 0.3) is 0 Å². The van der Waals surface area contributed by atoms with Gasteiger partial charge in [-0.25, -0.2) is 9.78 Å². The summed E-state index contributed by atoms with van der Waals surface area (Å²) in [4.78, 5) is 42.2. The molecule has 2 aromatic carbocycles. The molecule has 1 N–H and O–H groups in total. The highest BCUT2D eigenvalue weighted by atomic mass is 16.6.